The molecule has 7 nitrogen and oxygen atoms in total. The molecule has 1 saturated heterocycles. The fraction of sp³-hybridized carbons (Fsp3) is 0.346. The first-order valence-corrected chi connectivity index (χ1v) is 12.5. The second-order valence-electron chi connectivity index (χ2n) is 9.76. The van der Waals surface area contributed by atoms with Gasteiger partial charge in [0.25, 0.3) is 0 Å². The van der Waals surface area contributed by atoms with Gasteiger partial charge >= 0.3 is 0 Å². The molecule has 2 aromatic heterocycles. The average molecular weight is 529 g/mol. The van der Waals surface area contributed by atoms with Crippen molar-refractivity contribution in [2.45, 2.75) is 31.9 Å². The Bertz CT molecular complexity index is 1290. The summed E-state index contributed by atoms with van der Waals surface area (Å²) in [7, 11) is 0. The Kier molecular flexibility index (Phi) is 6.76. The van der Waals surface area contributed by atoms with Gasteiger partial charge in [-0.25, -0.2) is 9.37 Å². The first kappa shape index (κ1) is 24.7. The van der Waals surface area contributed by atoms with E-state index in [0.717, 1.165) is 12.5 Å². The van der Waals surface area contributed by atoms with Gasteiger partial charge in [0.05, 0.1) is 21.3 Å². The molecule has 36 heavy (non-hydrogen) atoms. The van der Waals surface area contributed by atoms with Crippen molar-refractivity contribution in [1.82, 2.24) is 15.3 Å². The third-order valence-electron chi connectivity index (χ3n) is 6.63. The molecule has 0 atom stereocenters. The van der Waals surface area contributed by atoms with Crippen LogP contribution in [-0.4, -0.2) is 40.9 Å². The number of aromatic nitrogens is 2. The predicted molar refractivity (Wildman–Crippen MR) is 141 cm³/mol. The molecule has 3 heterocycles. The summed E-state index contributed by atoms with van der Waals surface area (Å²) in [6.45, 7) is 4.67. The van der Waals surface area contributed by atoms with E-state index in [-0.39, 0.29) is 17.9 Å². The van der Waals surface area contributed by atoms with Crippen LogP contribution in [0.1, 0.15) is 36.5 Å². The molecule has 1 aromatic carbocycles. The molecule has 188 valence electrons. The second-order valence-corrected chi connectivity index (χ2v) is 10.6. The molecule has 0 bridgehead atoms. The summed E-state index contributed by atoms with van der Waals surface area (Å²) < 4.78 is 20.9. The van der Waals surface area contributed by atoms with Crippen LogP contribution in [0.2, 0.25) is 10.0 Å². The minimum absolute atomic E-state index is 0.0261. The minimum Gasteiger partial charge on any atom is -0.489 e. The van der Waals surface area contributed by atoms with Crippen molar-refractivity contribution in [3.63, 3.8) is 0 Å². The van der Waals surface area contributed by atoms with Crippen LogP contribution < -0.4 is 20.7 Å². The number of nitrogens with zero attached hydrogens (tertiary/aromatic N) is 3. The van der Waals surface area contributed by atoms with Crippen molar-refractivity contribution >= 4 is 40.4 Å². The highest BCUT2D eigenvalue weighted by Gasteiger charge is 2.41. The maximum atomic E-state index is 15.0. The first-order chi connectivity index (χ1) is 17.2. The van der Waals surface area contributed by atoms with Gasteiger partial charge in [-0.3, -0.25) is 10.4 Å². The van der Waals surface area contributed by atoms with Crippen molar-refractivity contribution in [3.8, 4) is 5.75 Å². The highest BCUT2D eigenvalue weighted by molar-refractivity contribution is 6.35. The van der Waals surface area contributed by atoms with Crippen molar-refractivity contribution in [2.24, 2.45) is 5.92 Å². The van der Waals surface area contributed by atoms with Gasteiger partial charge in [0.1, 0.15) is 12.4 Å². The lowest BCUT2D eigenvalue weighted by Gasteiger charge is -2.49. The van der Waals surface area contributed by atoms with Crippen molar-refractivity contribution in [3.05, 3.63) is 75.4 Å². The first-order valence-electron chi connectivity index (χ1n) is 11.8. The normalized spacial score (nSPS) is 16.5. The Balaban J connectivity index is 1.27. The van der Waals surface area contributed by atoms with Gasteiger partial charge in [0, 0.05) is 54.1 Å². The van der Waals surface area contributed by atoms with Crippen LogP contribution in [0.3, 0.4) is 0 Å². The molecule has 4 N–H and O–H groups in total. The van der Waals surface area contributed by atoms with Crippen LogP contribution >= 0.6 is 23.2 Å². The molecule has 10 heteroatoms. The number of pyridine rings is 2. The second kappa shape index (κ2) is 9.84. The van der Waals surface area contributed by atoms with E-state index < -0.39 is 5.82 Å². The van der Waals surface area contributed by atoms with Gasteiger partial charge in [-0.1, -0.05) is 23.2 Å². The number of nitrogens with one attached hydrogen (secondary N) is 2. The van der Waals surface area contributed by atoms with E-state index in [9.17, 15) is 0 Å². The molecule has 1 aliphatic carbocycles. The molecule has 3 aromatic rings. The highest BCUT2D eigenvalue weighted by Crippen LogP contribution is 2.32. The van der Waals surface area contributed by atoms with Crippen molar-refractivity contribution < 1.29 is 9.13 Å². The van der Waals surface area contributed by atoms with Gasteiger partial charge in [0.15, 0.2) is 11.6 Å². The molecule has 0 spiro atoms. The Hall–Kier alpha value is -2.94. The topological polar surface area (TPSA) is 100 Å². The number of ether oxygens (including phenoxy) is 1. The number of anilines is 2. The largest absolute Gasteiger partial charge is 0.489 e. The highest BCUT2D eigenvalue weighted by atomic mass is 35.5. The monoisotopic (exact) mass is 528 g/mol. The number of rotatable bonds is 9. The Morgan fingerprint density at radius 2 is 1.94 bits per heavy atom. The predicted octanol–water partition coefficient (Wildman–Crippen LogP) is 5.08. The molecule has 0 unspecified atom stereocenters. The zero-order valence-corrected chi connectivity index (χ0v) is 21.3. The fourth-order valence-electron chi connectivity index (χ4n) is 4.30. The van der Waals surface area contributed by atoms with E-state index in [0.29, 0.717) is 57.1 Å². The summed E-state index contributed by atoms with van der Waals surface area (Å²) in [6, 6.07) is 6.30. The molecule has 5 rings (SSSR count). The van der Waals surface area contributed by atoms with Gasteiger partial charge in [-0.2, -0.15) is 0 Å². The molecule has 0 amide bonds. The van der Waals surface area contributed by atoms with E-state index in [2.05, 4.69) is 22.2 Å². The quantitative estimate of drug-likeness (QED) is 0.264. The lowest BCUT2D eigenvalue weighted by molar-refractivity contribution is 0.275. The number of halogens is 3. The summed E-state index contributed by atoms with van der Waals surface area (Å²) in [5, 5.41) is 13.0. The third-order valence-corrected chi connectivity index (χ3v) is 7.29. The number of nitrogens with two attached hydrogens (primary N) is 1. The fourth-order valence-corrected chi connectivity index (χ4v) is 4.77. The van der Waals surface area contributed by atoms with Crippen LogP contribution in [0.5, 0.6) is 5.75 Å². The standard InChI is InChI=1S/C26H27Cl2FN6O/c1-26(34-8-15-2-3-15)13-35(14-26)25-22(29)6-16(9-33-25)24(31)18-7-17(4-5-23(18)30)36-12-19-20(27)10-32-11-21(19)28/h4-7,9-11,15,31,34H,2-3,8,12-14,30H2,1H3. The number of nitrogen functional groups attached to an aromatic ring is 1. The average Bonchev–Trinajstić information content (AvgIpc) is 3.66. The lowest BCUT2D eigenvalue weighted by Crippen LogP contribution is -2.68. The maximum absolute atomic E-state index is 15.0. The van der Waals surface area contributed by atoms with Crippen LogP contribution in [0.4, 0.5) is 15.9 Å². The zero-order chi connectivity index (χ0) is 25.4. The molecular formula is C26H27Cl2FN6O. The van der Waals surface area contributed by atoms with Gasteiger partial charge < -0.3 is 20.7 Å². The zero-order valence-electron chi connectivity index (χ0n) is 19.8. The molecule has 2 aliphatic rings. The molecule has 2 fully saturated rings. The summed E-state index contributed by atoms with van der Waals surface area (Å²) in [5.74, 6) is 1.10. The Morgan fingerprint density at radius 3 is 2.61 bits per heavy atom. The number of benzene rings is 1. The SMILES string of the molecule is CC1(NCC2CC2)CN(c2ncc(C(=N)c3cc(OCc4c(Cl)cncc4Cl)ccc3N)cc2F)C1. The van der Waals surface area contributed by atoms with Crippen molar-refractivity contribution in [1.29, 1.82) is 5.41 Å². The van der Waals surface area contributed by atoms with Gasteiger partial charge in [-0.15, -0.1) is 0 Å². The molecule has 1 aliphatic heterocycles. The van der Waals surface area contributed by atoms with Crippen LogP contribution in [0, 0.1) is 17.1 Å². The van der Waals surface area contributed by atoms with Crippen molar-refractivity contribution in [2.75, 3.05) is 30.3 Å². The number of hydrogen-bond donors (Lipinski definition) is 3. The number of hydrogen-bond acceptors (Lipinski definition) is 7. The van der Waals surface area contributed by atoms with Crippen LogP contribution in [-0.2, 0) is 6.61 Å². The van der Waals surface area contributed by atoms with Gasteiger partial charge in [0.2, 0.25) is 0 Å². The Morgan fingerprint density at radius 1 is 1.22 bits per heavy atom. The summed E-state index contributed by atoms with van der Waals surface area (Å²) in [5.41, 5.74) is 7.88. The summed E-state index contributed by atoms with van der Waals surface area (Å²) >= 11 is 12.3. The van der Waals surface area contributed by atoms with E-state index >= 15 is 4.39 Å². The van der Waals surface area contributed by atoms with E-state index in [1.165, 1.54) is 37.5 Å². The molecule has 0 radical (unpaired) electrons. The minimum atomic E-state index is -0.463. The summed E-state index contributed by atoms with van der Waals surface area (Å²) in [6.07, 6.45) is 7.09. The van der Waals surface area contributed by atoms with Gasteiger partial charge in [-0.05, 0) is 56.5 Å². The smallest absolute Gasteiger partial charge is 0.166 e. The molecular weight excluding hydrogens is 502 g/mol. The third kappa shape index (κ3) is 5.26. The Labute approximate surface area is 219 Å². The molecule has 1 saturated carbocycles. The summed E-state index contributed by atoms with van der Waals surface area (Å²) in [4.78, 5) is 10.2. The van der Waals surface area contributed by atoms with Crippen LogP contribution in [0.15, 0.2) is 42.9 Å². The van der Waals surface area contributed by atoms with E-state index in [1.807, 2.05) is 4.90 Å². The van der Waals surface area contributed by atoms with Crippen LogP contribution in [0.25, 0.3) is 0 Å². The van der Waals surface area contributed by atoms with E-state index in [1.54, 1.807) is 18.2 Å². The lowest BCUT2D eigenvalue weighted by atomic mass is 9.91. The van der Waals surface area contributed by atoms with E-state index in [4.69, 9.17) is 39.1 Å². The maximum Gasteiger partial charge on any atom is 0.166 e.